The van der Waals surface area contributed by atoms with Crippen molar-refractivity contribution in [1.82, 2.24) is 5.32 Å². The fourth-order valence-electron chi connectivity index (χ4n) is 2.77. The average molecular weight is 353 g/mol. The predicted octanol–water partition coefficient (Wildman–Crippen LogP) is 4.61. The van der Waals surface area contributed by atoms with Gasteiger partial charge in [-0.15, -0.1) is 0 Å². The van der Waals surface area contributed by atoms with Crippen molar-refractivity contribution in [2.75, 3.05) is 6.61 Å². The molecule has 0 aliphatic carbocycles. The first kappa shape index (κ1) is 17.9. The topological polar surface area (TPSA) is 60.7 Å². The van der Waals surface area contributed by atoms with E-state index >= 15 is 0 Å². The van der Waals surface area contributed by atoms with E-state index in [4.69, 9.17) is 13.9 Å². The molecule has 1 heterocycles. The van der Waals surface area contributed by atoms with E-state index in [9.17, 15) is 4.79 Å². The van der Waals surface area contributed by atoms with Gasteiger partial charge < -0.3 is 19.2 Å². The van der Waals surface area contributed by atoms with E-state index in [1.165, 1.54) is 6.92 Å². The second kappa shape index (κ2) is 7.95. The second-order valence-corrected chi connectivity index (χ2v) is 6.14. The van der Waals surface area contributed by atoms with Crippen LogP contribution in [0.5, 0.6) is 11.5 Å². The van der Waals surface area contributed by atoms with Gasteiger partial charge in [0.1, 0.15) is 29.4 Å². The summed E-state index contributed by atoms with van der Waals surface area (Å²) in [6.45, 7) is 6.43. The van der Waals surface area contributed by atoms with Gasteiger partial charge in [0.25, 0.3) is 0 Å². The molecule has 1 amide bonds. The Labute approximate surface area is 152 Å². The van der Waals surface area contributed by atoms with E-state index in [0.717, 1.165) is 33.8 Å². The molecule has 3 rings (SSSR count). The zero-order valence-corrected chi connectivity index (χ0v) is 15.2. The summed E-state index contributed by atoms with van der Waals surface area (Å²) in [7, 11) is 0. The van der Waals surface area contributed by atoms with Crippen LogP contribution in [-0.4, -0.2) is 12.5 Å². The molecule has 1 aromatic heterocycles. The number of hydrogen-bond acceptors (Lipinski definition) is 4. The predicted molar refractivity (Wildman–Crippen MR) is 100 cm³/mol. The number of carbonyl (C=O) groups is 1. The highest BCUT2D eigenvalue weighted by molar-refractivity contribution is 5.80. The van der Waals surface area contributed by atoms with Crippen molar-refractivity contribution in [3.05, 3.63) is 59.9 Å². The molecule has 5 nitrogen and oxygen atoms in total. The summed E-state index contributed by atoms with van der Waals surface area (Å²) in [5.41, 5.74) is 1.77. The summed E-state index contributed by atoms with van der Waals surface area (Å²) in [4.78, 5) is 11.2. The van der Waals surface area contributed by atoms with Crippen molar-refractivity contribution in [2.45, 2.75) is 33.4 Å². The number of furan rings is 1. The minimum Gasteiger partial charge on any atom is -0.494 e. The van der Waals surface area contributed by atoms with E-state index < -0.39 is 0 Å². The van der Waals surface area contributed by atoms with E-state index in [0.29, 0.717) is 13.2 Å². The number of carbonyl (C=O) groups excluding carboxylic acids is 1. The first-order valence-corrected chi connectivity index (χ1v) is 8.70. The monoisotopic (exact) mass is 353 g/mol. The molecule has 1 unspecified atom stereocenters. The highest BCUT2D eigenvalue weighted by Crippen LogP contribution is 2.28. The van der Waals surface area contributed by atoms with Gasteiger partial charge >= 0.3 is 0 Å². The molecule has 0 spiro atoms. The maximum atomic E-state index is 11.2. The summed E-state index contributed by atoms with van der Waals surface area (Å²) in [5.74, 6) is 2.20. The van der Waals surface area contributed by atoms with Crippen LogP contribution >= 0.6 is 0 Å². The second-order valence-electron chi connectivity index (χ2n) is 6.14. The lowest BCUT2D eigenvalue weighted by Gasteiger charge is -2.08. The average Bonchev–Trinajstić information content (AvgIpc) is 3.03. The number of benzene rings is 2. The van der Waals surface area contributed by atoms with Crippen LogP contribution < -0.4 is 14.8 Å². The first-order chi connectivity index (χ1) is 12.5. The van der Waals surface area contributed by atoms with Crippen molar-refractivity contribution in [2.24, 2.45) is 0 Å². The van der Waals surface area contributed by atoms with E-state index in [1.807, 2.05) is 62.4 Å². The summed E-state index contributed by atoms with van der Waals surface area (Å²) < 4.78 is 17.3. The third-order valence-corrected chi connectivity index (χ3v) is 3.97. The van der Waals surface area contributed by atoms with Gasteiger partial charge in [-0.05, 0) is 49.7 Å². The lowest BCUT2D eigenvalue weighted by Crippen LogP contribution is -2.23. The van der Waals surface area contributed by atoms with Crippen molar-refractivity contribution in [3.8, 4) is 11.5 Å². The highest BCUT2D eigenvalue weighted by atomic mass is 16.5. The summed E-state index contributed by atoms with van der Waals surface area (Å²) in [5, 5.41) is 3.80. The van der Waals surface area contributed by atoms with Gasteiger partial charge in [0.2, 0.25) is 5.91 Å². The third kappa shape index (κ3) is 4.36. The standard InChI is InChI=1S/C21H23NO4/c1-4-24-18-7-5-6-16(10-18)13-25-19-9-8-17-11-20(26-21(17)12-19)14(2)22-15(3)23/h5-12,14H,4,13H2,1-3H3,(H,22,23). The molecule has 0 aliphatic rings. The Morgan fingerprint density at radius 1 is 1.12 bits per heavy atom. The van der Waals surface area contributed by atoms with Crippen LogP contribution in [-0.2, 0) is 11.4 Å². The molecule has 1 atom stereocenters. The Morgan fingerprint density at radius 3 is 2.69 bits per heavy atom. The van der Waals surface area contributed by atoms with Crippen molar-refractivity contribution >= 4 is 16.9 Å². The lowest BCUT2D eigenvalue weighted by atomic mass is 10.2. The van der Waals surface area contributed by atoms with Crippen LogP contribution in [0.3, 0.4) is 0 Å². The Balaban J connectivity index is 1.71. The van der Waals surface area contributed by atoms with Crippen molar-refractivity contribution in [3.63, 3.8) is 0 Å². The summed E-state index contributed by atoms with van der Waals surface area (Å²) in [6.07, 6.45) is 0. The quantitative estimate of drug-likeness (QED) is 0.674. The van der Waals surface area contributed by atoms with Crippen LogP contribution in [0.1, 0.15) is 38.1 Å². The molecule has 26 heavy (non-hydrogen) atoms. The third-order valence-electron chi connectivity index (χ3n) is 3.97. The Bertz CT molecular complexity index is 900. The molecule has 0 saturated heterocycles. The number of nitrogens with one attached hydrogen (secondary N) is 1. The fraction of sp³-hybridized carbons (Fsp3) is 0.286. The molecule has 2 aromatic carbocycles. The van der Waals surface area contributed by atoms with Gasteiger partial charge in [0.15, 0.2) is 0 Å². The molecule has 3 aromatic rings. The largest absolute Gasteiger partial charge is 0.494 e. The van der Waals surface area contributed by atoms with Crippen molar-refractivity contribution < 1.29 is 18.7 Å². The molecule has 0 saturated carbocycles. The Morgan fingerprint density at radius 2 is 1.92 bits per heavy atom. The zero-order chi connectivity index (χ0) is 18.5. The van der Waals surface area contributed by atoms with Gasteiger partial charge in [0.05, 0.1) is 12.6 Å². The van der Waals surface area contributed by atoms with Crippen LogP contribution in [0.2, 0.25) is 0 Å². The minimum absolute atomic E-state index is 0.0868. The Kier molecular flexibility index (Phi) is 5.46. The van der Waals surface area contributed by atoms with E-state index in [-0.39, 0.29) is 11.9 Å². The van der Waals surface area contributed by atoms with Gasteiger partial charge in [-0.1, -0.05) is 12.1 Å². The summed E-state index contributed by atoms with van der Waals surface area (Å²) >= 11 is 0. The number of amides is 1. The molecule has 1 N–H and O–H groups in total. The van der Waals surface area contributed by atoms with Gasteiger partial charge in [-0.2, -0.15) is 0 Å². The maximum Gasteiger partial charge on any atom is 0.217 e. The maximum absolute atomic E-state index is 11.2. The van der Waals surface area contributed by atoms with Crippen LogP contribution in [0.15, 0.2) is 52.9 Å². The molecular formula is C21H23NO4. The van der Waals surface area contributed by atoms with E-state index in [2.05, 4.69) is 5.32 Å². The minimum atomic E-state index is -0.175. The molecule has 136 valence electrons. The smallest absolute Gasteiger partial charge is 0.217 e. The van der Waals surface area contributed by atoms with Crippen LogP contribution in [0, 0.1) is 0 Å². The van der Waals surface area contributed by atoms with Gasteiger partial charge in [-0.25, -0.2) is 0 Å². The van der Waals surface area contributed by atoms with Crippen LogP contribution in [0.25, 0.3) is 11.0 Å². The van der Waals surface area contributed by atoms with Gasteiger partial charge in [0, 0.05) is 18.4 Å². The van der Waals surface area contributed by atoms with Crippen molar-refractivity contribution in [1.29, 1.82) is 0 Å². The van der Waals surface area contributed by atoms with Crippen LogP contribution in [0.4, 0.5) is 0 Å². The number of ether oxygens (including phenoxy) is 2. The highest BCUT2D eigenvalue weighted by Gasteiger charge is 2.13. The molecule has 0 aliphatic heterocycles. The Hall–Kier alpha value is -2.95. The molecular weight excluding hydrogens is 330 g/mol. The zero-order valence-electron chi connectivity index (χ0n) is 15.2. The number of fused-ring (bicyclic) bond motifs is 1. The first-order valence-electron chi connectivity index (χ1n) is 8.70. The molecule has 0 bridgehead atoms. The number of rotatable bonds is 7. The molecule has 5 heteroatoms. The SMILES string of the molecule is CCOc1cccc(COc2ccc3cc(C(C)NC(C)=O)oc3c2)c1. The fourth-order valence-corrected chi connectivity index (χ4v) is 2.77. The van der Waals surface area contributed by atoms with Gasteiger partial charge in [-0.3, -0.25) is 4.79 Å². The lowest BCUT2D eigenvalue weighted by molar-refractivity contribution is -0.119. The normalized spacial score (nSPS) is 12.0. The molecule has 0 radical (unpaired) electrons. The molecule has 0 fully saturated rings. The summed E-state index contributed by atoms with van der Waals surface area (Å²) in [6, 6.07) is 15.4. The number of hydrogen-bond donors (Lipinski definition) is 1. The van der Waals surface area contributed by atoms with E-state index in [1.54, 1.807) is 0 Å².